The SMILES string of the molecule is Cc1ccc(C(=O)N2CCN3CCOc4cccc2c43)nn1. The van der Waals surface area contributed by atoms with Crippen molar-refractivity contribution < 1.29 is 9.53 Å². The molecule has 0 saturated heterocycles. The Hall–Kier alpha value is -2.63. The number of para-hydroxylation sites is 1. The highest BCUT2D eigenvalue weighted by molar-refractivity contribution is 6.07. The van der Waals surface area contributed by atoms with Crippen molar-refractivity contribution in [2.75, 3.05) is 36.0 Å². The fourth-order valence-electron chi connectivity index (χ4n) is 2.97. The van der Waals surface area contributed by atoms with E-state index in [4.69, 9.17) is 4.74 Å². The predicted octanol–water partition coefficient (Wildman–Crippen LogP) is 1.64. The van der Waals surface area contributed by atoms with E-state index in [9.17, 15) is 4.79 Å². The maximum absolute atomic E-state index is 12.8. The maximum Gasteiger partial charge on any atom is 0.278 e. The summed E-state index contributed by atoms with van der Waals surface area (Å²) in [6.07, 6.45) is 0. The largest absolute Gasteiger partial charge is 0.489 e. The Kier molecular flexibility index (Phi) is 2.96. The lowest BCUT2D eigenvalue weighted by Gasteiger charge is -2.40. The number of benzene rings is 1. The van der Waals surface area contributed by atoms with E-state index in [-0.39, 0.29) is 5.91 Å². The molecular formula is C16H16N4O2. The van der Waals surface area contributed by atoms with Gasteiger partial charge in [0.05, 0.1) is 17.9 Å². The van der Waals surface area contributed by atoms with E-state index < -0.39 is 0 Å². The molecule has 0 fully saturated rings. The van der Waals surface area contributed by atoms with Crippen molar-refractivity contribution in [3.63, 3.8) is 0 Å². The van der Waals surface area contributed by atoms with Crippen LogP contribution in [0.4, 0.5) is 11.4 Å². The lowest BCUT2D eigenvalue weighted by Crippen LogP contribution is -2.47. The third kappa shape index (κ3) is 1.99. The van der Waals surface area contributed by atoms with Crippen LogP contribution in [-0.4, -0.2) is 42.3 Å². The molecule has 0 bridgehead atoms. The fourth-order valence-corrected chi connectivity index (χ4v) is 2.97. The first kappa shape index (κ1) is 13.1. The third-order valence-corrected chi connectivity index (χ3v) is 4.06. The molecule has 0 spiro atoms. The van der Waals surface area contributed by atoms with Crippen LogP contribution in [0.15, 0.2) is 30.3 Å². The Balaban J connectivity index is 1.75. The molecule has 3 heterocycles. The number of hydrogen-bond donors (Lipinski definition) is 0. The maximum atomic E-state index is 12.8. The van der Waals surface area contributed by atoms with Gasteiger partial charge >= 0.3 is 0 Å². The monoisotopic (exact) mass is 296 g/mol. The summed E-state index contributed by atoms with van der Waals surface area (Å²) < 4.78 is 5.71. The number of carbonyl (C=O) groups excluding carboxylic acids is 1. The van der Waals surface area contributed by atoms with E-state index in [2.05, 4.69) is 15.1 Å². The van der Waals surface area contributed by atoms with Crippen LogP contribution in [0.1, 0.15) is 16.2 Å². The first-order valence-corrected chi connectivity index (χ1v) is 7.37. The average Bonchev–Trinajstić information content (AvgIpc) is 2.56. The summed E-state index contributed by atoms with van der Waals surface area (Å²) in [5.41, 5.74) is 3.06. The molecule has 0 radical (unpaired) electrons. The van der Waals surface area contributed by atoms with Gasteiger partial charge in [-0.2, -0.15) is 5.10 Å². The van der Waals surface area contributed by atoms with Gasteiger partial charge in [-0.25, -0.2) is 0 Å². The minimum atomic E-state index is -0.119. The standard InChI is InChI=1S/C16H16N4O2/c1-11-5-6-12(18-17-11)16(21)20-8-7-19-9-10-22-14-4-2-3-13(20)15(14)19/h2-6H,7-10H2,1H3. The van der Waals surface area contributed by atoms with Gasteiger partial charge in [0, 0.05) is 13.1 Å². The number of aryl methyl sites for hydroxylation is 1. The molecule has 0 saturated carbocycles. The molecule has 1 amide bonds. The smallest absolute Gasteiger partial charge is 0.278 e. The number of carbonyl (C=O) groups is 1. The van der Waals surface area contributed by atoms with Crippen LogP contribution in [0.2, 0.25) is 0 Å². The van der Waals surface area contributed by atoms with Crippen molar-refractivity contribution in [1.82, 2.24) is 10.2 Å². The Morgan fingerprint density at radius 2 is 2.05 bits per heavy atom. The number of aromatic nitrogens is 2. The van der Waals surface area contributed by atoms with E-state index in [1.165, 1.54) is 0 Å². The van der Waals surface area contributed by atoms with Gasteiger partial charge in [-0.3, -0.25) is 4.79 Å². The minimum Gasteiger partial charge on any atom is -0.489 e. The van der Waals surface area contributed by atoms with Crippen LogP contribution < -0.4 is 14.5 Å². The van der Waals surface area contributed by atoms with Crippen LogP contribution in [0, 0.1) is 6.92 Å². The molecule has 2 aliphatic heterocycles. The van der Waals surface area contributed by atoms with Gasteiger partial charge < -0.3 is 14.5 Å². The van der Waals surface area contributed by atoms with Crippen molar-refractivity contribution in [2.45, 2.75) is 6.92 Å². The summed E-state index contributed by atoms with van der Waals surface area (Å²) in [4.78, 5) is 16.8. The number of ether oxygens (including phenoxy) is 1. The van der Waals surface area contributed by atoms with Crippen LogP contribution in [-0.2, 0) is 0 Å². The molecule has 6 heteroatoms. The number of rotatable bonds is 1. The van der Waals surface area contributed by atoms with Crippen LogP contribution in [0.25, 0.3) is 0 Å². The van der Waals surface area contributed by atoms with Crippen molar-refractivity contribution in [2.24, 2.45) is 0 Å². The zero-order chi connectivity index (χ0) is 15.1. The second-order valence-corrected chi connectivity index (χ2v) is 5.48. The second kappa shape index (κ2) is 4.98. The average molecular weight is 296 g/mol. The molecule has 0 aliphatic carbocycles. The molecular weight excluding hydrogens is 280 g/mol. The molecule has 6 nitrogen and oxygen atoms in total. The summed E-state index contributed by atoms with van der Waals surface area (Å²) in [5, 5.41) is 7.99. The van der Waals surface area contributed by atoms with Gasteiger partial charge in [-0.15, -0.1) is 5.10 Å². The molecule has 4 rings (SSSR count). The number of nitrogens with zero attached hydrogens (tertiary/aromatic N) is 4. The Morgan fingerprint density at radius 3 is 2.86 bits per heavy atom. The molecule has 2 aliphatic rings. The molecule has 1 aromatic heterocycles. The topological polar surface area (TPSA) is 58.6 Å². The zero-order valence-corrected chi connectivity index (χ0v) is 12.3. The van der Waals surface area contributed by atoms with E-state index in [1.807, 2.05) is 25.1 Å². The van der Waals surface area contributed by atoms with Crippen LogP contribution in [0.3, 0.4) is 0 Å². The number of amides is 1. The van der Waals surface area contributed by atoms with E-state index in [0.717, 1.165) is 35.9 Å². The van der Waals surface area contributed by atoms with E-state index >= 15 is 0 Å². The molecule has 0 atom stereocenters. The zero-order valence-electron chi connectivity index (χ0n) is 12.3. The Bertz CT molecular complexity index is 729. The first-order chi connectivity index (χ1) is 10.7. The number of anilines is 2. The summed E-state index contributed by atoms with van der Waals surface area (Å²) in [6.45, 7) is 4.85. The lowest BCUT2D eigenvalue weighted by atomic mass is 10.1. The molecule has 1 aromatic carbocycles. The molecule has 2 aromatic rings. The molecule has 22 heavy (non-hydrogen) atoms. The van der Waals surface area contributed by atoms with Crippen molar-refractivity contribution >= 4 is 17.3 Å². The van der Waals surface area contributed by atoms with E-state index in [0.29, 0.717) is 18.8 Å². The highest BCUT2D eigenvalue weighted by Crippen LogP contribution is 2.42. The van der Waals surface area contributed by atoms with Gasteiger partial charge in [0.1, 0.15) is 18.0 Å². The summed E-state index contributed by atoms with van der Waals surface area (Å²) in [7, 11) is 0. The minimum absolute atomic E-state index is 0.119. The quantitative estimate of drug-likeness (QED) is 0.801. The van der Waals surface area contributed by atoms with Gasteiger partial charge in [0.25, 0.3) is 5.91 Å². The molecule has 112 valence electrons. The van der Waals surface area contributed by atoms with Crippen molar-refractivity contribution in [3.8, 4) is 5.75 Å². The van der Waals surface area contributed by atoms with Crippen LogP contribution in [0.5, 0.6) is 5.75 Å². The number of hydrogen-bond acceptors (Lipinski definition) is 5. The molecule has 0 N–H and O–H groups in total. The third-order valence-electron chi connectivity index (χ3n) is 4.06. The normalized spacial score (nSPS) is 16.0. The van der Waals surface area contributed by atoms with Crippen molar-refractivity contribution in [1.29, 1.82) is 0 Å². The summed E-state index contributed by atoms with van der Waals surface area (Å²) in [5.74, 6) is 0.724. The molecule has 0 unspecified atom stereocenters. The van der Waals surface area contributed by atoms with E-state index in [1.54, 1.807) is 17.0 Å². The summed E-state index contributed by atoms with van der Waals surface area (Å²) >= 11 is 0. The fraction of sp³-hybridized carbons (Fsp3) is 0.312. The Labute approximate surface area is 128 Å². The highest BCUT2D eigenvalue weighted by atomic mass is 16.5. The van der Waals surface area contributed by atoms with Crippen LogP contribution >= 0.6 is 0 Å². The van der Waals surface area contributed by atoms with Gasteiger partial charge in [0.15, 0.2) is 5.69 Å². The first-order valence-electron chi connectivity index (χ1n) is 7.37. The lowest BCUT2D eigenvalue weighted by molar-refractivity contribution is 0.0980. The second-order valence-electron chi connectivity index (χ2n) is 5.48. The van der Waals surface area contributed by atoms with Gasteiger partial charge in [0.2, 0.25) is 0 Å². The predicted molar refractivity (Wildman–Crippen MR) is 82.6 cm³/mol. The van der Waals surface area contributed by atoms with Crippen molar-refractivity contribution in [3.05, 3.63) is 41.7 Å². The summed E-state index contributed by atoms with van der Waals surface area (Å²) in [6, 6.07) is 9.36. The Morgan fingerprint density at radius 1 is 1.14 bits per heavy atom. The van der Waals surface area contributed by atoms with Gasteiger partial charge in [-0.1, -0.05) is 6.07 Å². The van der Waals surface area contributed by atoms with Gasteiger partial charge in [-0.05, 0) is 31.2 Å². The highest BCUT2D eigenvalue weighted by Gasteiger charge is 2.32.